The molecule has 1 aromatic rings. The van der Waals surface area contributed by atoms with Gasteiger partial charge >= 0.3 is 12.1 Å². The molecule has 0 bridgehead atoms. The fraction of sp³-hybridized carbons (Fsp3) is 0.417. The molecule has 1 rings (SSSR count). The maximum absolute atomic E-state index is 12.9. The van der Waals surface area contributed by atoms with Crippen molar-refractivity contribution in [3.05, 3.63) is 35.6 Å². The van der Waals surface area contributed by atoms with Gasteiger partial charge in [-0.15, -0.1) is 0 Å². The number of hydrogen-bond acceptors (Lipinski definition) is 2. The Morgan fingerprint density at radius 2 is 1.89 bits per heavy atom. The lowest BCUT2D eigenvalue weighted by Gasteiger charge is -2.22. The Kier molecular flexibility index (Phi) is 4.32. The monoisotopic (exact) mass is 264 g/mol. The van der Waals surface area contributed by atoms with E-state index in [4.69, 9.17) is 0 Å². The zero-order chi connectivity index (χ0) is 13.9. The average Bonchev–Trinajstić information content (AvgIpc) is 2.23. The van der Waals surface area contributed by atoms with E-state index >= 15 is 0 Å². The van der Waals surface area contributed by atoms with Crippen LogP contribution in [0.3, 0.4) is 0 Å². The van der Waals surface area contributed by atoms with E-state index in [9.17, 15) is 22.4 Å². The number of benzene rings is 1. The van der Waals surface area contributed by atoms with Crippen molar-refractivity contribution >= 4 is 5.97 Å². The highest BCUT2D eigenvalue weighted by Crippen LogP contribution is 2.36. The van der Waals surface area contributed by atoms with Crippen molar-refractivity contribution < 1.29 is 27.1 Å². The highest BCUT2D eigenvalue weighted by Gasteiger charge is 2.44. The molecule has 0 spiro atoms. The Bertz CT molecular complexity index is 426. The maximum atomic E-state index is 12.9. The van der Waals surface area contributed by atoms with Gasteiger partial charge in [-0.25, -0.2) is 4.39 Å². The molecule has 0 saturated heterocycles. The first-order valence-corrected chi connectivity index (χ1v) is 5.24. The SMILES string of the molecule is CC(C)C(=O)OC(c1cccc(F)c1)C(F)(F)F. The predicted octanol–water partition coefficient (Wildman–Crippen LogP) is 3.63. The number of esters is 1. The average molecular weight is 264 g/mol. The third-order valence-corrected chi connectivity index (χ3v) is 2.15. The summed E-state index contributed by atoms with van der Waals surface area (Å²) in [4.78, 5) is 11.2. The molecule has 0 aromatic heterocycles. The van der Waals surface area contributed by atoms with E-state index in [1.54, 1.807) is 0 Å². The van der Waals surface area contributed by atoms with E-state index in [-0.39, 0.29) is 0 Å². The molecule has 0 aliphatic carbocycles. The van der Waals surface area contributed by atoms with Crippen molar-refractivity contribution in [1.29, 1.82) is 0 Å². The standard InChI is InChI=1S/C12H12F4O2/c1-7(2)11(17)18-10(12(14,15)16)8-4-3-5-9(13)6-8/h3-7,10H,1-2H3. The van der Waals surface area contributed by atoms with Crippen LogP contribution < -0.4 is 0 Å². The first-order chi connectivity index (χ1) is 8.21. The number of ether oxygens (including phenoxy) is 1. The third kappa shape index (κ3) is 3.72. The minimum Gasteiger partial charge on any atom is -0.448 e. The van der Waals surface area contributed by atoms with Gasteiger partial charge in [0, 0.05) is 5.56 Å². The van der Waals surface area contributed by atoms with Crippen molar-refractivity contribution in [3.63, 3.8) is 0 Å². The van der Waals surface area contributed by atoms with E-state index < -0.39 is 35.5 Å². The van der Waals surface area contributed by atoms with Crippen LogP contribution in [0.4, 0.5) is 17.6 Å². The van der Waals surface area contributed by atoms with Gasteiger partial charge in [0.2, 0.25) is 6.10 Å². The van der Waals surface area contributed by atoms with Crippen molar-refractivity contribution in [2.45, 2.75) is 26.1 Å². The highest BCUT2D eigenvalue weighted by molar-refractivity contribution is 5.71. The molecule has 1 aromatic carbocycles. The van der Waals surface area contributed by atoms with Crippen LogP contribution in [0.15, 0.2) is 24.3 Å². The van der Waals surface area contributed by atoms with Gasteiger partial charge in [0.1, 0.15) is 5.82 Å². The third-order valence-electron chi connectivity index (χ3n) is 2.15. The summed E-state index contributed by atoms with van der Waals surface area (Å²) in [6.45, 7) is 2.84. The molecule has 0 aliphatic heterocycles. The van der Waals surface area contributed by atoms with Crippen molar-refractivity contribution in [2.75, 3.05) is 0 Å². The molecule has 0 saturated carbocycles. The van der Waals surface area contributed by atoms with Crippen LogP contribution in [0.2, 0.25) is 0 Å². The van der Waals surface area contributed by atoms with E-state index in [0.29, 0.717) is 6.07 Å². The van der Waals surface area contributed by atoms with Gasteiger partial charge in [-0.1, -0.05) is 26.0 Å². The van der Waals surface area contributed by atoms with Gasteiger partial charge in [-0.05, 0) is 12.1 Å². The predicted molar refractivity (Wildman–Crippen MR) is 56.1 cm³/mol. The van der Waals surface area contributed by atoms with Crippen LogP contribution in [0.5, 0.6) is 0 Å². The quantitative estimate of drug-likeness (QED) is 0.615. The van der Waals surface area contributed by atoms with E-state index in [1.165, 1.54) is 13.8 Å². The maximum Gasteiger partial charge on any atom is 0.429 e. The van der Waals surface area contributed by atoms with Gasteiger partial charge in [-0.2, -0.15) is 13.2 Å². The zero-order valence-corrected chi connectivity index (χ0v) is 9.79. The molecule has 0 radical (unpaired) electrons. The fourth-order valence-electron chi connectivity index (χ4n) is 1.25. The van der Waals surface area contributed by atoms with Crippen LogP contribution in [0.1, 0.15) is 25.5 Å². The molecule has 18 heavy (non-hydrogen) atoms. The second-order valence-electron chi connectivity index (χ2n) is 4.07. The Hall–Kier alpha value is -1.59. The molecule has 1 unspecified atom stereocenters. The van der Waals surface area contributed by atoms with E-state index in [0.717, 1.165) is 18.2 Å². The molecule has 0 N–H and O–H groups in total. The largest absolute Gasteiger partial charge is 0.448 e. The van der Waals surface area contributed by atoms with Gasteiger partial charge < -0.3 is 4.74 Å². The lowest BCUT2D eigenvalue weighted by molar-refractivity contribution is -0.225. The normalized spacial score (nSPS) is 13.5. The Balaban J connectivity index is 3.03. The number of carbonyl (C=O) groups excluding carboxylic acids is 1. The van der Waals surface area contributed by atoms with E-state index in [2.05, 4.69) is 4.74 Å². The van der Waals surface area contributed by atoms with Gasteiger partial charge in [-0.3, -0.25) is 4.79 Å². The number of alkyl halides is 3. The second kappa shape index (κ2) is 5.37. The van der Waals surface area contributed by atoms with E-state index in [1.807, 2.05) is 0 Å². The minimum absolute atomic E-state index is 0.434. The molecule has 0 heterocycles. The first kappa shape index (κ1) is 14.5. The molecule has 0 amide bonds. The van der Waals surface area contributed by atoms with Crippen molar-refractivity contribution in [2.24, 2.45) is 5.92 Å². The number of hydrogen-bond donors (Lipinski definition) is 0. The summed E-state index contributed by atoms with van der Waals surface area (Å²) in [7, 11) is 0. The fourth-order valence-corrected chi connectivity index (χ4v) is 1.25. The highest BCUT2D eigenvalue weighted by atomic mass is 19.4. The Morgan fingerprint density at radius 1 is 1.28 bits per heavy atom. The molecular formula is C12H12F4O2. The van der Waals surface area contributed by atoms with Gasteiger partial charge in [0.05, 0.1) is 5.92 Å². The smallest absolute Gasteiger partial charge is 0.429 e. The van der Waals surface area contributed by atoms with Crippen LogP contribution >= 0.6 is 0 Å². The molecule has 0 aliphatic rings. The molecule has 2 nitrogen and oxygen atoms in total. The van der Waals surface area contributed by atoms with Crippen molar-refractivity contribution in [1.82, 2.24) is 0 Å². The summed E-state index contributed by atoms with van der Waals surface area (Å²) in [6.07, 6.45) is -7.22. The molecule has 6 heteroatoms. The topological polar surface area (TPSA) is 26.3 Å². The van der Waals surface area contributed by atoms with Crippen LogP contribution in [-0.2, 0) is 9.53 Å². The zero-order valence-electron chi connectivity index (χ0n) is 9.79. The summed E-state index contributed by atoms with van der Waals surface area (Å²) in [6, 6.07) is 3.91. The molecule has 0 fully saturated rings. The first-order valence-electron chi connectivity index (χ1n) is 5.24. The van der Waals surface area contributed by atoms with Crippen LogP contribution in [0, 0.1) is 11.7 Å². The Labute approximate surface area is 102 Å². The molecule has 100 valence electrons. The lowest BCUT2D eigenvalue weighted by Crippen LogP contribution is -2.28. The van der Waals surface area contributed by atoms with Crippen LogP contribution in [-0.4, -0.2) is 12.1 Å². The summed E-state index contributed by atoms with van der Waals surface area (Å²) in [5, 5.41) is 0. The summed E-state index contributed by atoms with van der Waals surface area (Å²) < 4.78 is 55.6. The van der Waals surface area contributed by atoms with Gasteiger partial charge in [0.25, 0.3) is 0 Å². The summed E-state index contributed by atoms with van der Waals surface area (Å²) in [5.74, 6) is -2.49. The van der Waals surface area contributed by atoms with Crippen molar-refractivity contribution in [3.8, 4) is 0 Å². The number of rotatable bonds is 3. The number of halogens is 4. The second-order valence-corrected chi connectivity index (χ2v) is 4.07. The summed E-state index contributed by atoms with van der Waals surface area (Å²) >= 11 is 0. The minimum atomic E-state index is -4.78. The number of carbonyl (C=O) groups is 1. The lowest BCUT2D eigenvalue weighted by atomic mass is 10.1. The Morgan fingerprint density at radius 3 is 2.33 bits per heavy atom. The van der Waals surface area contributed by atoms with Crippen LogP contribution in [0.25, 0.3) is 0 Å². The summed E-state index contributed by atoms with van der Waals surface area (Å²) in [5.41, 5.74) is -0.434. The van der Waals surface area contributed by atoms with Gasteiger partial charge in [0.15, 0.2) is 0 Å². The molecular weight excluding hydrogens is 252 g/mol. The molecule has 1 atom stereocenters.